The van der Waals surface area contributed by atoms with Crippen molar-refractivity contribution in [2.75, 3.05) is 11.9 Å². The Morgan fingerprint density at radius 3 is 2.86 bits per heavy atom. The quantitative estimate of drug-likeness (QED) is 0.594. The van der Waals surface area contributed by atoms with Crippen LogP contribution >= 0.6 is 0 Å². The highest BCUT2D eigenvalue weighted by Gasteiger charge is 2.30. The molecule has 114 valence electrons. The number of amides is 1. The lowest BCUT2D eigenvalue weighted by Crippen LogP contribution is -2.34. The monoisotopic (exact) mass is 292 g/mol. The van der Waals surface area contributed by atoms with Gasteiger partial charge in [-0.25, -0.2) is 4.98 Å². The van der Waals surface area contributed by atoms with Crippen LogP contribution in [0.15, 0.2) is 12.3 Å². The minimum Gasteiger partial charge on any atom is -0.369 e. The second kappa shape index (κ2) is 6.51. The maximum absolute atomic E-state index is 12.3. The molecule has 7 nitrogen and oxygen atoms in total. The number of nitrogens with zero attached hydrogens (tertiary/aromatic N) is 2. The average molecular weight is 292 g/mol. The number of aromatic nitrogens is 1. The predicted octanol–water partition coefficient (Wildman–Crippen LogP) is 2.34. The molecule has 0 radical (unpaired) electrons. The molecule has 1 fully saturated rings. The lowest BCUT2D eigenvalue weighted by Gasteiger charge is -2.15. The van der Waals surface area contributed by atoms with E-state index in [1.807, 2.05) is 13.8 Å². The van der Waals surface area contributed by atoms with Gasteiger partial charge in [0.15, 0.2) is 0 Å². The molecule has 7 heteroatoms. The topological polar surface area (TPSA) is 97.2 Å². The molecule has 0 aromatic carbocycles. The van der Waals surface area contributed by atoms with Gasteiger partial charge in [0.1, 0.15) is 12.0 Å². The van der Waals surface area contributed by atoms with Crippen LogP contribution in [-0.2, 0) is 0 Å². The molecule has 0 spiro atoms. The molecular formula is C14H20N4O3. The van der Waals surface area contributed by atoms with Crippen LogP contribution in [0.25, 0.3) is 0 Å². The van der Waals surface area contributed by atoms with Gasteiger partial charge in [0.05, 0.1) is 10.5 Å². The second-order valence-electron chi connectivity index (χ2n) is 5.37. The summed E-state index contributed by atoms with van der Waals surface area (Å²) in [5.74, 6) is 0.597. The minimum absolute atomic E-state index is 0.0794. The van der Waals surface area contributed by atoms with E-state index < -0.39 is 4.92 Å². The Morgan fingerprint density at radius 2 is 2.29 bits per heavy atom. The molecule has 0 bridgehead atoms. The summed E-state index contributed by atoms with van der Waals surface area (Å²) < 4.78 is 0. The Hall–Kier alpha value is -2.18. The number of hydrogen-bond acceptors (Lipinski definition) is 5. The highest BCUT2D eigenvalue weighted by molar-refractivity contribution is 5.99. The fourth-order valence-corrected chi connectivity index (χ4v) is 2.11. The summed E-state index contributed by atoms with van der Waals surface area (Å²) in [6.07, 6.45) is 4.28. The maximum atomic E-state index is 12.3. The zero-order valence-electron chi connectivity index (χ0n) is 12.3. The van der Waals surface area contributed by atoms with Gasteiger partial charge in [-0.1, -0.05) is 6.92 Å². The summed E-state index contributed by atoms with van der Waals surface area (Å²) in [5.41, 5.74) is 0.0476. The molecule has 1 aromatic heterocycles. The Balaban J connectivity index is 2.21. The van der Waals surface area contributed by atoms with Gasteiger partial charge < -0.3 is 10.6 Å². The largest absolute Gasteiger partial charge is 0.369 e. The molecule has 1 heterocycles. The van der Waals surface area contributed by atoms with E-state index in [9.17, 15) is 14.9 Å². The summed E-state index contributed by atoms with van der Waals surface area (Å²) >= 11 is 0. The first kappa shape index (κ1) is 15.2. The summed E-state index contributed by atoms with van der Waals surface area (Å²) in [6, 6.07) is 1.36. The van der Waals surface area contributed by atoms with Crippen molar-refractivity contribution in [2.24, 2.45) is 5.92 Å². The standard InChI is InChI=1S/C14H20N4O3/c1-3-6-15-13-12(7-11(8-16-13)18(20)21)14(19)17-9(2)10-4-5-10/h7-10H,3-6H2,1-2H3,(H,15,16)(H,17,19). The molecular weight excluding hydrogens is 272 g/mol. The van der Waals surface area contributed by atoms with Crippen LogP contribution in [0.1, 0.15) is 43.5 Å². The lowest BCUT2D eigenvalue weighted by molar-refractivity contribution is -0.385. The third-order valence-electron chi connectivity index (χ3n) is 3.56. The van der Waals surface area contributed by atoms with E-state index in [-0.39, 0.29) is 23.2 Å². The summed E-state index contributed by atoms with van der Waals surface area (Å²) in [6.45, 7) is 4.61. The molecule has 1 aromatic rings. The number of nitrogens with one attached hydrogen (secondary N) is 2. The van der Waals surface area contributed by atoms with Gasteiger partial charge >= 0.3 is 0 Å². The fraction of sp³-hybridized carbons (Fsp3) is 0.571. The van der Waals surface area contributed by atoms with Gasteiger partial charge in [0, 0.05) is 18.7 Å². The van der Waals surface area contributed by atoms with Crippen LogP contribution in [-0.4, -0.2) is 28.4 Å². The van der Waals surface area contributed by atoms with Gasteiger partial charge in [-0.3, -0.25) is 14.9 Å². The number of hydrogen-bond donors (Lipinski definition) is 2. The first-order chi connectivity index (χ1) is 10.0. The first-order valence-corrected chi connectivity index (χ1v) is 7.22. The molecule has 1 amide bonds. The zero-order valence-corrected chi connectivity index (χ0v) is 12.3. The van der Waals surface area contributed by atoms with Crippen molar-refractivity contribution in [1.82, 2.24) is 10.3 Å². The smallest absolute Gasteiger partial charge is 0.288 e. The van der Waals surface area contributed by atoms with Crippen molar-refractivity contribution in [3.8, 4) is 0 Å². The molecule has 1 aliphatic rings. The Bertz CT molecular complexity index is 543. The van der Waals surface area contributed by atoms with Crippen molar-refractivity contribution >= 4 is 17.4 Å². The van der Waals surface area contributed by atoms with Crippen LogP contribution in [0.4, 0.5) is 11.5 Å². The molecule has 0 saturated heterocycles. The SMILES string of the molecule is CCCNc1ncc([N+](=O)[O-])cc1C(=O)NC(C)C1CC1. The summed E-state index contributed by atoms with van der Waals surface area (Å²) in [7, 11) is 0. The van der Waals surface area contributed by atoms with Crippen molar-refractivity contribution < 1.29 is 9.72 Å². The fourth-order valence-electron chi connectivity index (χ4n) is 2.11. The molecule has 21 heavy (non-hydrogen) atoms. The summed E-state index contributed by atoms with van der Waals surface area (Å²) in [4.78, 5) is 26.7. The predicted molar refractivity (Wildman–Crippen MR) is 79.3 cm³/mol. The number of carbonyl (C=O) groups excluding carboxylic acids is 1. The van der Waals surface area contributed by atoms with Crippen molar-refractivity contribution in [3.63, 3.8) is 0 Å². The molecule has 1 atom stereocenters. The Labute approximate surface area is 123 Å². The van der Waals surface area contributed by atoms with Crippen LogP contribution < -0.4 is 10.6 Å². The molecule has 1 unspecified atom stereocenters. The summed E-state index contributed by atoms with van der Waals surface area (Å²) in [5, 5.41) is 16.8. The highest BCUT2D eigenvalue weighted by Crippen LogP contribution is 2.32. The van der Waals surface area contributed by atoms with E-state index in [0.29, 0.717) is 18.3 Å². The van der Waals surface area contributed by atoms with E-state index >= 15 is 0 Å². The normalized spacial score (nSPS) is 15.3. The van der Waals surface area contributed by atoms with E-state index in [4.69, 9.17) is 0 Å². The number of carbonyl (C=O) groups is 1. The van der Waals surface area contributed by atoms with Gasteiger partial charge in [0.25, 0.3) is 11.6 Å². The second-order valence-corrected chi connectivity index (χ2v) is 5.37. The molecule has 0 aliphatic heterocycles. The van der Waals surface area contributed by atoms with E-state index in [0.717, 1.165) is 19.3 Å². The van der Waals surface area contributed by atoms with Gasteiger partial charge in [-0.05, 0) is 32.1 Å². The Morgan fingerprint density at radius 1 is 1.57 bits per heavy atom. The maximum Gasteiger partial charge on any atom is 0.288 e. The zero-order chi connectivity index (χ0) is 15.4. The lowest BCUT2D eigenvalue weighted by atomic mass is 10.1. The number of nitro groups is 1. The van der Waals surface area contributed by atoms with E-state index in [2.05, 4.69) is 15.6 Å². The molecule has 2 N–H and O–H groups in total. The van der Waals surface area contributed by atoms with Crippen molar-refractivity contribution in [3.05, 3.63) is 27.9 Å². The third-order valence-corrected chi connectivity index (χ3v) is 3.56. The minimum atomic E-state index is -0.544. The molecule has 1 aliphatic carbocycles. The third kappa shape index (κ3) is 3.90. The van der Waals surface area contributed by atoms with Crippen LogP contribution in [0, 0.1) is 16.0 Å². The molecule has 1 saturated carbocycles. The number of rotatable bonds is 7. The Kier molecular flexibility index (Phi) is 4.72. The van der Waals surface area contributed by atoms with Gasteiger partial charge in [0.2, 0.25) is 0 Å². The highest BCUT2D eigenvalue weighted by atomic mass is 16.6. The first-order valence-electron chi connectivity index (χ1n) is 7.22. The molecule has 2 rings (SSSR count). The number of pyridine rings is 1. The van der Waals surface area contributed by atoms with Crippen molar-refractivity contribution in [1.29, 1.82) is 0 Å². The van der Waals surface area contributed by atoms with Gasteiger partial charge in [-0.15, -0.1) is 0 Å². The van der Waals surface area contributed by atoms with Crippen molar-refractivity contribution in [2.45, 2.75) is 39.2 Å². The van der Waals surface area contributed by atoms with Crippen LogP contribution in [0.5, 0.6) is 0 Å². The van der Waals surface area contributed by atoms with E-state index in [1.165, 1.54) is 12.3 Å². The number of anilines is 1. The van der Waals surface area contributed by atoms with Crippen LogP contribution in [0.3, 0.4) is 0 Å². The average Bonchev–Trinajstić information content (AvgIpc) is 3.29. The van der Waals surface area contributed by atoms with Gasteiger partial charge in [-0.2, -0.15) is 0 Å². The van der Waals surface area contributed by atoms with E-state index in [1.54, 1.807) is 0 Å². The van der Waals surface area contributed by atoms with Crippen LogP contribution in [0.2, 0.25) is 0 Å².